The van der Waals surface area contributed by atoms with E-state index >= 15 is 0 Å². The van der Waals surface area contributed by atoms with Gasteiger partial charge >= 0.3 is 0 Å². The van der Waals surface area contributed by atoms with Crippen molar-refractivity contribution in [2.45, 2.75) is 46.5 Å². The summed E-state index contributed by atoms with van der Waals surface area (Å²) in [5.41, 5.74) is 1.06. The van der Waals surface area contributed by atoms with Crippen molar-refractivity contribution in [3.63, 3.8) is 0 Å². The van der Waals surface area contributed by atoms with Gasteiger partial charge < -0.3 is 10.6 Å². The van der Waals surface area contributed by atoms with Crippen molar-refractivity contribution in [2.75, 3.05) is 18.4 Å². The van der Waals surface area contributed by atoms with E-state index in [9.17, 15) is 4.79 Å². The van der Waals surface area contributed by atoms with Crippen LogP contribution >= 0.6 is 15.9 Å². The summed E-state index contributed by atoms with van der Waals surface area (Å²) in [6.45, 7) is 7.94. The molecule has 0 aliphatic heterocycles. The highest BCUT2D eigenvalue weighted by Gasteiger charge is 2.17. The first-order chi connectivity index (χ1) is 9.93. The normalized spacial score (nSPS) is 11.4. The van der Waals surface area contributed by atoms with Crippen LogP contribution in [0.3, 0.4) is 0 Å². The third-order valence-corrected chi connectivity index (χ3v) is 3.95. The molecule has 0 unspecified atom stereocenters. The van der Waals surface area contributed by atoms with E-state index in [1.54, 1.807) is 0 Å². The summed E-state index contributed by atoms with van der Waals surface area (Å²) >= 11 is 3.39. The number of halogens is 1. The zero-order chi connectivity index (χ0) is 15.7. The number of hydrogen-bond acceptors (Lipinski definition) is 2. The van der Waals surface area contributed by atoms with E-state index in [0.717, 1.165) is 16.7 Å². The van der Waals surface area contributed by atoms with Crippen molar-refractivity contribution in [2.24, 2.45) is 5.41 Å². The molecule has 21 heavy (non-hydrogen) atoms. The number of carbonyl (C=O) groups excluding carboxylic acids is 1. The van der Waals surface area contributed by atoms with Gasteiger partial charge in [0.15, 0.2) is 0 Å². The number of benzene rings is 1. The summed E-state index contributed by atoms with van der Waals surface area (Å²) in [4.78, 5) is 11.9. The van der Waals surface area contributed by atoms with Crippen molar-refractivity contribution in [1.82, 2.24) is 5.32 Å². The highest BCUT2D eigenvalue weighted by molar-refractivity contribution is 9.10. The average molecular weight is 355 g/mol. The smallest absolute Gasteiger partial charge is 0.238 e. The second kappa shape index (κ2) is 9.21. The standard InChI is InChI=1S/C17H27BrN2O/c1-4-5-6-10-17(2,3)13-19-12-16(21)20-15-9-7-8-14(18)11-15/h7-9,11,19H,4-6,10,12-13H2,1-3H3,(H,20,21). The van der Waals surface area contributed by atoms with Crippen LogP contribution in [0.15, 0.2) is 28.7 Å². The molecule has 0 bridgehead atoms. The molecule has 0 spiro atoms. The zero-order valence-electron chi connectivity index (χ0n) is 13.3. The molecule has 1 amide bonds. The molecule has 0 aromatic heterocycles. The van der Waals surface area contributed by atoms with Crippen LogP contribution in [0.25, 0.3) is 0 Å². The molecule has 3 nitrogen and oxygen atoms in total. The van der Waals surface area contributed by atoms with Gasteiger partial charge in [-0.05, 0) is 30.0 Å². The molecule has 4 heteroatoms. The Hall–Kier alpha value is -0.870. The minimum Gasteiger partial charge on any atom is -0.325 e. The van der Waals surface area contributed by atoms with Crippen LogP contribution in [-0.2, 0) is 4.79 Å². The molecular formula is C17H27BrN2O. The lowest BCUT2D eigenvalue weighted by atomic mass is 9.87. The van der Waals surface area contributed by atoms with Crippen molar-refractivity contribution in [3.05, 3.63) is 28.7 Å². The largest absolute Gasteiger partial charge is 0.325 e. The Bertz CT molecular complexity index is 446. The molecule has 0 saturated heterocycles. The van der Waals surface area contributed by atoms with Crippen LogP contribution in [-0.4, -0.2) is 19.0 Å². The van der Waals surface area contributed by atoms with E-state index in [-0.39, 0.29) is 11.3 Å². The fourth-order valence-electron chi connectivity index (χ4n) is 2.23. The number of unbranched alkanes of at least 4 members (excludes halogenated alkanes) is 2. The van der Waals surface area contributed by atoms with Gasteiger partial charge in [-0.3, -0.25) is 4.79 Å². The van der Waals surface area contributed by atoms with Gasteiger partial charge in [0, 0.05) is 16.7 Å². The predicted molar refractivity (Wildman–Crippen MR) is 93.6 cm³/mol. The van der Waals surface area contributed by atoms with E-state index in [4.69, 9.17) is 0 Å². The van der Waals surface area contributed by atoms with Crippen molar-refractivity contribution >= 4 is 27.5 Å². The van der Waals surface area contributed by atoms with Crippen LogP contribution in [0.4, 0.5) is 5.69 Å². The van der Waals surface area contributed by atoms with E-state index in [2.05, 4.69) is 47.3 Å². The Labute approximate surface area is 137 Å². The molecule has 0 saturated carbocycles. The lowest BCUT2D eigenvalue weighted by Crippen LogP contribution is -2.35. The maximum atomic E-state index is 11.9. The Balaban J connectivity index is 2.26. The van der Waals surface area contributed by atoms with Gasteiger partial charge in [0.2, 0.25) is 5.91 Å². The van der Waals surface area contributed by atoms with Crippen LogP contribution in [0.2, 0.25) is 0 Å². The number of hydrogen-bond donors (Lipinski definition) is 2. The van der Waals surface area contributed by atoms with Gasteiger partial charge in [0.1, 0.15) is 0 Å². The Morgan fingerprint density at radius 1 is 1.29 bits per heavy atom. The van der Waals surface area contributed by atoms with E-state index in [1.807, 2.05) is 24.3 Å². The molecule has 0 fully saturated rings. The summed E-state index contributed by atoms with van der Waals surface area (Å²) in [5, 5.41) is 6.15. The highest BCUT2D eigenvalue weighted by Crippen LogP contribution is 2.22. The summed E-state index contributed by atoms with van der Waals surface area (Å²) in [6.07, 6.45) is 4.99. The zero-order valence-corrected chi connectivity index (χ0v) is 14.9. The number of anilines is 1. The predicted octanol–water partition coefficient (Wildman–Crippen LogP) is 4.58. The molecule has 0 radical (unpaired) electrons. The van der Waals surface area contributed by atoms with Crippen molar-refractivity contribution in [1.29, 1.82) is 0 Å². The number of amides is 1. The first kappa shape index (κ1) is 18.2. The molecule has 0 aliphatic carbocycles. The molecule has 0 heterocycles. The number of carbonyl (C=O) groups is 1. The lowest BCUT2D eigenvalue weighted by Gasteiger charge is -2.25. The molecule has 2 N–H and O–H groups in total. The van der Waals surface area contributed by atoms with E-state index < -0.39 is 0 Å². The van der Waals surface area contributed by atoms with Crippen molar-refractivity contribution < 1.29 is 4.79 Å². The Morgan fingerprint density at radius 2 is 2.05 bits per heavy atom. The minimum absolute atomic E-state index is 0.00235. The van der Waals surface area contributed by atoms with Crippen LogP contribution < -0.4 is 10.6 Å². The lowest BCUT2D eigenvalue weighted by molar-refractivity contribution is -0.115. The second-order valence-corrected chi connectivity index (χ2v) is 7.20. The second-order valence-electron chi connectivity index (χ2n) is 6.28. The number of rotatable bonds is 9. The fourth-order valence-corrected chi connectivity index (χ4v) is 2.63. The van der Waals surface area contributed by atoms with Gasteiger partial charge in [0.25, 0.3) is 0 Å². The summed E-state index contributed by atoms with van der Waals surface area (Å²) in [7, 11) is 0. The third kappa shape index (κ3) is 8.22. The van der Waals surface area contributed by atoms with Crippen LogP contribution in [0, 0.1) is 5.41 Å². The van der Waals surface area contributed by atoms with E-state index in [1.165, 1.54) is 25.7 Å². The molecular weight excluding hydrogens is 328 g/mol. The quantitative estimate of drug-likeness (QED) is 0.637. The minimum atomic E-state index is -0.00235. The molecule has 0 aliphatic rings. The monoisotopic (exact) mass is 354 g/mol. The van der Waals surface area contributed by atoms with Gasteiger partial charge in [-0.25, -0.2) is 0 Å². The molecule has 1 aromatic carbocycles. The summed E-state index contributed by atoms with van der Waals surface area (Å²) < 4.78 is 0.963. The van der Waals surface area contributed by atoms with Crippen LogP contribution in [0.1, 0.15) is 46.5 Å². The number of nitrogens with one attached hydrogen (secondary N) is 2. The van der Waals surface area contributed by atoms with Gasteiger partial charge in [-0.1, -0.05) is 62.0 Å². The van der Waals surface area contributed by atoms with Gasteiger partial charge in [-0.2, -0.15) is 0 Å². The molecule has 1 aromatic rings. The third-order valence-electron chi connectivity index (χ3n) is 3.45. The van der Waals surface area contributed by atoms with E-state index in [0.29, 0.717) is 6.54 Å². The first-order valence-electron chi connectivity index (χ1n) is 7.69. The van der Waals surface area contributed by atoms with Gasteiger partial charge in [-0.15, -0.1) is 0 Å². The first-order valence-corrected chi connectivity index (χ1v) is 8.48. The molecule has 118 valence electrons. The summed E-state index contributed by atoms with van der Waals surface area (Å²) in [5.74, 6) is -0.00235. The maximum Gasteiger partial charge on any atom is 0.238 e. The SMILES string of the molecule is CCCCCC(C)(C)CNCC(=O)Nc1cccc(Br)c1. The molecule has 0 atom stereocenters. The van der Waals surface area contributed by atoms with Crippen molar-refractivity contribution in [3.8, 4) is 0 Å². The Kier molecular flexibility index (Phi) is 7.97. The average Bonchev–Trinajstić information content (AvgIpc) is 2.38. The Morgan fingerprint density at radius 3 is 2.71 bits per heavy atom. The van der Waals surface area contributed by atoms with Gasteiger partial charge in [0.05, 0.1) is 6.54 Å². The topological polar surface area (TPSA) is 41.1 Å². The summed E-state index contributed by atoms with van der Waals surface area (Å²) in [6, 6.07) is 7.63. The maximum absolute atomic E-state index is 11.9. The fraction of sp³-hybridized carbons (Fsp3) is 0.588. The van der Waals surface area contributed by atoms with Crippen LogP contribution in [0.5, 0.6) is 0 Å². The molecule has 1 rings (SSSR count). The highest BCUT2D eigenvalue weighted by atomic mass is 79.9.